The topological polar surface area (TPSA) is 54.2 Å². The first-order valence-electron chi connectivity index (χ1n) is 7.22. The summed E-state index contributed by atoms with van der Waals surface area (Å²) in [5, 5.41) is 8.09. The summed E-state index contributed by atoms with van der Waals surface area (Å²) in [5.41, 5.74) is 0.877. The van der Waals surface area contributed by atoms with E-state index in [2.05, 4.69) is 27.4 Å². The molecule has 1 aromatic carbocycles. The van der Waals surface area contributed by atoms with Crippen LogP contribution >= 0.6 is 11.6 Å². The van der Waals surface area contributed by atoms with Crippen molar-refractivity contribution >= 4 is 11.6 Å². The van der Waals surface area contributed by atoms with Gasteiger partial charge in [0.05, 0.1) is 6.54 Å². The maximum absolute atomic E-state index is 5.99. The molecular weight excluding hydrogens is 288 g/mol. The van der Waals surface area contributed by atoms with Gasteiger partial charge in [0.15, 0.2) is 0 Å². The standard InChI is InChI=1S/C15H19ClN4O/c1-20(13-5-7-17-8-6-13)10-14-18-15(19-21-14)11-3-2-4-12(16)9-11/h2-4,9,13,17H,5-8,10H2,1H3. The van der Waals surface area contributed by atoms with Gasteiger partial charge in [-0.15, -0.1) is 0 Å². The lowest BCUT2D eigenvalue weighted by Gasteiger charge is -2.30. The van der Waals surface area contributed by atoms with Gasteiger partial charge in [0.25, 0.3) is 0 Å². The van der Waals surface area contributed by atoms with Crippen molar-refractivity contribution in [1.82, 2.24) is 20.4 Å². The van der Waals surface area contributed by atoms with Crippen LogP contribution in [0.5, 0.6) is 0 Å². The van der Waals surface area contributed by atoms with Crippen LogP contribution in [-0.2, 0) is 6.54 Å². The van der Waals surface area contributed by atoms with Crippen LogP contribution in [0.25, 0.3) is 11.4 Å². The fraction of sp³-hybridized carbons (Fsp3) is 0.467. The van der Waals surface area contributed by atoms with Gasteiger partial charge < -0.3 is 9.84 Å². The Bertz CT molecular complexity index is 595. The average molecular weight is 307 g/mol. The van der Waals surface area contributed by atoms with Crippen LogP contribution in [0, 0.1) is 0 Å². The molecule has 0 amide bonds. The summed E-state index contributed by atoms with van der Waals surface area (Å²) in [6.07, 6.45) is 2.32. The molecule has 1 N–H and O–H groups in total. The van der Waals surface area contributed by atoms with Crippen LogP contribution in [0.1, 0.15) is 18.7 Å². The molecule has 21 heavy (non-hydrogen) atoms. The molecule has 0 radical (unpaired) electrons. The lowest BCUT2D eigenvalue weighted by atomic mass is 10.1. The van der Waals surface area contributed by atoms with Gasteiger partial charge in [-0.3, -0.25) is 4.90 Å². The first-order chi connectivity index (χ1) is 10.2. The lowest BCUT2D eigenvalue weighted by molar-refractivity contribution is 0.171. The molecule has 1 aliphatic rings. The van der Waals surface area contributed by atoms with Crippen LogP contribution in [0.2, 0.25) is 5.02 Å². The monoisotopic (exact) mass is 306 g/mol. The number of aromatic nitrogens is 2. The summed E-state index contributed by atoms with van der Waals surface area (Å²) < 4.78 is 5.36. The Morgan fingerprint density at radius 3 is 2.95 bits per heavy atom. The fourth-order valence-corrected chi connectivity index (χ4v) is 2.84. The third kappa shape index (κ3) is 3.61. The Balaban J connectivity index is 1.67. The molecule has 1 aliphatic heterocycles. The van der Waals surface area contributed by atoms with Crippen LogP contribution in [0.4, 0.5) is 0 Å². The molecule has 0 saturated carbocycles. The van der Waals surface area contributed by atoms with Crippen LogP contribution in [-0.4, -0.2) is 41.2 Å². The molecule has 0 bridgehead atoms. The summed E-state index contributed by atoms with van der Waals surface area (Å²) >= 11 is 5.99. The Kier molecular flexibility index (Phi) is 4.53. The van der Waals surface area contributed by atoms with Crippen molar-refractivity contribution < 1.29 is 4.52 Å². The second kappa shape index (κ2) is 6.56. The van der Waals surface area contributed by atoms with Gasteiger partial charge in [0.1, 0.15) is 0 Å². The number of nitrogens with zero attached hydrogens (tertiary/aromatic N) is 3. The highest BCUT2D eigenvalue weighted by Gasteiger charge is 2.20. The normalized spacial score (nSPS) is 16.5. The van der Waals surface area contributed by atoms with E-state index < -0.39 is 0 Å². The summed E-state index contributed by atoms with van der Waals surface area (Å²) in [5.74, 6) is 1.23. The van der Waals surface area contributed by atoms with E-state index in [4.69, 9.17) is 16.1 Å². The smallest absolute Gasteiger partial charge is 0.241 e. The number of hydrogen-bond donors (Lipinski definition) is 1. The van der Waals surface area contributed by atoms with Crippen LogP contribution in [0.3, 0.4) is 0 Å². The maximum atomic E-state index is 5.99. The predicted molar refractivity (Wildman–Crippen MR) is 82.1 cm³/mol. The van der Waals surface area contributed by atoms with E-state index in [1.807, 2.05) is 24.3 Å². The van der Waals surface area contributed by atoms with E-state index >= 15 is 0 Å². The molecule has 2 aromatic rings. The molecule has 0 unspecified atom stereocenters. The molecule has 112 valence electrons. The summed E-state index contributed by atoms with van der Waals surface area (Å²) in [7, 11) is 2.11. The van der Waals surface area contributed by atoms with Crippen molar-refractivity contribution in [3.8, 4) is 11.4 Å². The van der Waals surface area contributed by atoms with Gasteiger partial charge in [0.2, 0.25) is 11.7 Å². The van der Waals surface area contributed by atoms with Gasteiger partial charge in [-0.05, 0) is 45.1 Å². The minimum atomic E-state index is 0.577. The van der Waals surface area contributed by atoms with Crippen molar-refractivity contribution in [2.45, 2.75) is 25.4 Å². The van der Waals surface area contributed by atoms with Crippen molar-refractivity contribution in [3.05, 3.63) is 35.2 Å². The largest absolute Gasteiger partial charge is 0.338 e. The summed E-state index contributed by atoms with van der Waals surface area (Å²) in [6.45, 7) is 2.83. The zero-order valence-electron chi connectivity index (χ0n) is 12.1. The zero-order chi connectivity index (χ0) is 14.7. The molecule has 1 aromatic heterocycles. The van der Waals surface area contributed by atoms with Crippen molar-refractivity contribution in [2.24, 2.45) is 0 Å². The number of nitrogens with one attached hydrogen (secondary N) is 1. The number of hydrogen-bond acceptors (Lipinski definition) is 5. The van der Waals surface area contributed by atoms with E-state index in [0.717, 1.165) is 31.5 Å². The number of piperidine rings is 1. The highest BCUT2D eigenvalue weighted by atomic mass is 35.5. The van der Waals surface area contributed by atoms with Crippen molar-refractivity contribution in [2.75, 3.05) is 20.1 Å². The van der Waals surface area contributed by atoms with Crippen molar-refractivity contribution in [1.29, 1.82) is 0 Å². The quantitative estimate of drug-likeness (QED) is 0.941. The van der Waals surface area contributed by atoms with Crippen molar-refractivity contribution in [3.63, 3.8) is 0 Å². The third-order valence-corrected chi connectivity index (χ3v) is 4.10. The maximum Gasteiger partial charge on any atom is 0.241 e. The van der Waals surface area contributed by atoms with E-state index in [-0.39, 0.29) is 0 Å². The Morgan fingerprint density at radius 1 is 1.38 bits per heavy atom. The SMILES string of the molecule is CN(Cc1nc(-c2cccc(Cl)c2)no1)C1CCNCC1. The second-order valence-electron chi connectivity index (χ2n) is 5.42. The van der Waals surface area contributed by atoms with Gasteiger partial charge in [-0.1, -0.05) is 28.9 Å². The predicted octanol–water partition coefficient (Wildman–Crippen LogP) is 2.57. The minimum absolute atomic E-state index is 0.577. The molecular formula is C15H19ClN4O. The first kappa shape index (κ1) is 14.5. The molecule has 2 heterocycles. The molecule has 1 fully saturated rings. The number of halogens is 1. The number of rotatable bonds is 4. The summed E-state index contributed by atoms with van der Waals surface area (Å²) in [6, 6.07) is 8.06. The van der Waals surface area contributed by atoms with Gasteiger partial charge >= 0.3 is 0 Å². The molecule has 0 atom stereocenters. The van der Waals surface area contributed by atoms with Gasteiger partial charge in [0, 0.05) is 16.6 Å². The summed E-state index contributed by atoms with van der Waals surface area (Å²) in [4.78, 5) is 6.75. The number of benzene rings is 1. The first-order valence-corrected chi connectivity index (χ1v) is 7.59. The fourth-order valence-electron chi connectivity index (χ4n) is 2.65. The Morgan fingerprint density at radius 2 is 2.19 bits per heavy atom. The van der Waals surface area contributed by atoms with E-state index in [9.17, 15) is 0 Å². The second-order valence-corrected chi connectivity index (χ2v) is 5.85. The zero-order valence-corrected chi connectivity index (χ0v) is 12.8. The Hall–Kier alpha value is -1.43. The minimum Gasteiger partial charge on any atom is -0.338 e. The molecule has 0 spiro atoms. The highest BCUT2D eigenvalue weighted by Crippen LogP contribution is 2.20. The molecule has 0 aliphatic carbocycles. The lowest BCUT2D eigenvalue weighted by Crippen LogP contribution is -2.40. The average Bonchev–Trinajstić information content (AvgIpc) is 2.97. The van der Waals surface area contributed by atoms with E-state index in [1.165, 1.54) is 0 Å². The van der Waals surface area contributed by atoms with E-state index in [1.54, 1.807) is 0 Å². The molecule has 1 saturated heterocycles. The third-order valence-electron chi connectivity index (χ3n) is 3.87. The Labute approximate surface area is 129 Å². The molecule has 3 rings (SSSR count). The van der Waals surface area contributed by atoms with Gasteiger partial charge in [-0.25, -0.2) is 0 Å². The van der Waals surface area contributed by atoms with Crippen LogP contribution in [0.15, 0.2) is 28.8 Å². The highest BCUT2D eigenvalue weighted by molar-refractivity contribution is 6.30. The van der Waals surface area contributed by atoms with E-state index in [0.29, 0.717) is 29.3 Å². The molecule has 5 nitrogen and oxygen atoms in total. The molecule has 6 heteroatoms. The van der Waals surface area contributed by atoms with Gasteiger partial charge in [-0.2, -0.15) is 4.98 Å². The van der Waals surface area contributed by atoms with Crippen LogP contribution < -0.4 is 5.32 Å².